The Hall–Kier alpha value is -3.07. The van der Waals surface area contributed by atoms with Crippen LogP contribution in [-0.4, -0.2) is 16.1 Å². The summed E-state index contributed by atoms with van der Waals surface area (Å²) < 4.78 is 2.12. The van der Waals surface area contributed by atoms with Crippen molar-refractivity contribution in [3.8, 4) is 11.8 Å². The first-order valence-corrected chi connectivity index (χ1v) is 6.36. The molecule has 6 heteroatoms. The van der Waals surface area contributed by atoms with Gasteiger partial charge in [0.1, 0.15) is 6.07 Å². The zero-order valence-corrected chi connectivity index (χ0v) is 11.9. The monoisotopic (exact) mass is 280 g/mol. The molecule has 0 aliphatic rings. The molecule has 0 aliphatic carbocycles. The van der Waals surface area contributed by atoms with Crippen molar-refractivity contribution in [2.75, 3.05) is 5.43 Å². The van der Waals surface area contributed by atoms with Crippen molar-refractivity contribution in [2.45, 2.75) is 13.8 Å². The second-order valence-electron chi connectivity index (χ2n) is 4.60. The first-order valence-electron chi connectivity index (χ1n) is 6.36. The van der Waals surface area contributed by atoms with Crippen molar-refractivity contribution in [2.24, 2.45) is 10.8 Å². The normalized spacial score (nSPS) is 11.0. The minimum atomic E-state index is -0.363. The van der Waals surface area contributed by atoms with Crippen molar-refractivity contribution in [3.63, 3.8) is 0 Å². The lowest BCUT2D eigenvalue weighted by atomic mass is 10.2. The zero-order valence-electron chi connectivity index (χ0n) is 11.9. The maximum atomic E-state index is 8.81. The highest BCUT2D eigenvalue weighted by Crippen LogP contribution is 2.19. The molecule has 21 heavy (non-hydrogen) atoms. The molecule has 2 aromatic rings. The first-order chi connectivity index (χ1) is 10.0. The summed E-state index contributed by atoms with van der Waals surface area (Å²) in [6.07, 6.45) is 0. The second-order valence-corrected chi connectivity index (χ2v) is 4.60. The minimum Gasteiger partial charge on any atom is -0.382 e. The Labute approximate surface area is 123 Å². The molecule has 0 unspecified atom stereocenters. The van der Waals surface area contributed by atoms with Gasteiger partial charge in [-0.05, 0) is 44.2 Å². The Morgan fingerprint density at radius 3 is 2.52 bits per heavy atom. The molecule has 0 saturated carbocycles. The first kappa shape index (κ1) is 14.3. The van der Waals surface area contributed by atoms with E-state index >= 15 is 0 Å². The highest BCUT2D eigenvalue weighted by molar-refractivity contribution is 6.45. The summed E-state index contributed by atoms with van der Waals surface area (Å²) in [7, 11) is 0. The third-order valence-electron chi connectivity index (χ3n) is 3.03. The number of nitrogens with one attached hydrogen (secondary N) is 2. The van der Waals surface area contributed by atoms with Gasteiger partial charge in [0.25, 0.3) is 0 Å². The zero-order chi connectivity index (χ0) is 15.4. The van der Waals surface area contributed by atoms with Gasteiger partial charge in [-0.1, -0.05) is 6.07 Å². The molecule has 0 spiro atoms. The smallest absolute Gasteiger partial charge is 0.201 e. The molecule has 0 atom stereocenters. The fourth-order valence-corrected chi connectivity index (χ4v) is 2.06. The van der Waals surface area contributed by atoms with Gasteiger partial charge in [0.15, 0.2) is 5.84 Å². The van der Waals surface area contributed by atoms with E-state index in [0.717, 1.165) is 17.1 Å². The van der Waals surface area contributed by atoms with E-state index in [1.54, 1.807) is 6.07 Å². The standard InChI is InChI=1S/C15H16N6/c1-10-6-7-11(2)21(10)13-5-3-4-12(8-13)19-20-14(9-16)15(17)18/h3-8,19H,1-2H3,(H3,17,18)/b20-14+. The van der Waals surface area contributed by atoms with Gasteiger partial charge in [-0.3, -0.25) is 10.8 Å². The number of aromatic nitrogens is 1. The number of nitrogens with two attached hydrogens (primary N) is 1. The van der Waals surface area contributed by atoms with Crippen LogP contribution in [0.15, 0.2) is 41.5 Å². The summed E-state index contributed by atoms with van der Waals surface area (Å²) in [4.78, 5) is 0. The lowest BCUT2D eigenvalue weighted by Gasteiger charge is -2.11. The van der Waals surface area contributed by atoms with Crippen LogP contribution >= 0.6 is 0 Å². The number of benzene rings is 1. The van der Waals surface area contributed by atoms with E-state index in [-0.39, 0.29) is 11.5 Å². The lowest BCUT2D eigenvalue weighted by molar-refractivity contribution is 0.966. The summed E-state index contributed by atoms with van der Waals surface area (Å²) in [6, 6.07) is 13.5. The van der Waals surface area contributed by atoms with Gasteiger partial charge < -0.3 is 10.3 Å². The minimum absolute atomic E-state index is 0.145. The van der Waals surface area contributed by atoms with Crippen LogP contribution in [0.4, 0.5) is 5.69 Å². The van der Waals surface area contributed by atoms with E-state index in [1.807, 2.05) is 38.1 Å². The Morgan fingerprint density at radius 2 is 1.95 bits per heavy atom. The summed E-state index contributed by atoms with van der Waals surface area (Å²) in [5.74, 6) is -0.363. The van der Waals surface area contributed by atoms with Crippen LogP contribution in [0, 0.1) is 30.6 Å². The molecule has 106 valence electrons. The van der Waals surface area contributed by atoms with Crippen molar-refractivity contribution >= 4 is 17.2 Å². The van der Waals surface area contributed by atoms with Gasteiger partial charge in [0, 0.05) is 17.1 Å². The molecule has 0 radical (unpaired) electrons. The number of rotatable bonds is 4. The average molecular weight is 280 g/mol. The van der Waals surface area contributed by atoms with Crippen LogP contribution < -0.4 is 11.2 Å². The summed E-state index contributed by atoms with van der Waals surface area (Å²) in [5, 5.41) is 19.8. The highest BCUT2D eigenvalue weighted by Gasteiger charge is 2.05. The van der Waals surface area contributed by atoms with E-state index < -0.39 is 0 Å². The molecular formula is C15H16N6. The van der Waals surface area contributed by atoms with Crippen LogP contribution in [-0.2, 0) is 0 Å². The number of hydrogen-bond donors (Lipinski definition) is 3. The van der Waals surface area contributed by atoms with Crippen LogP contribution in [0.25, 0.3) is 5.69 Å². The van der Waals surface area contributed by atoms with E-state index in [4.69, 9.17) is 16.4 Å². The Bertz CT molecular complexity index is 728. The van der Waals surface area contributed by atoms with Crippen LogP contribution in [0.2, 0.25) is 0 Å². The number of hydrogen-bond acceptors (Lipinski definition) is 4. The van der Waals surface area contributed by atoms with Crippen LogP contribution in [0.5, 0.6) is 0 Å². The Balaban J connectivity index is 2.32. The van der Waals surface area contributed by atoms with Crippen LogP contribution in [0.1, 0.15) is 11.4 Å². The molecule has 2 rings (SSSR count). The number of aryl methyl sites for hydroxylation is 2. The van der Waals surface area contributed by atoms with Gasteiger partial charge in [-0.2, -0.15) is 10.4 Å². The topological polar surface area (TPSA) is 103 Å². The molecular weight excluding hydrogens is 264 g/mol. The number of amidine groups is 1. The molecule has 0 amide bonds. The lowest BCUT2D eigenvalue weighted by Crippen LogP contribution is -2.21. The van der Waals surface area contributed by atoms with Gasteiger partial charge in [0.05, 0.1) is 5.69 Å². The van der Waals surface area contributed by atoms with Crippen molar-refractivity contribution < 1.29 is 0 Å². The predicted molar refractivity (Wildman–Crippen MR) is 83.8 cm³/mol. The van der Waals surface area contributed by atoms with E-state index in [9.17, 15) is 0 Å². The Kier molecular flexibility index (Phi) is 4.05. The maximum Gasteiger partial charge on any atom is 0.201 e. The molecule has 0 fully saturated rings. The molecule has 6 nitrogen and oxygen atoms in total. The number of nitriles is 1. The third kappa shape index (κ3) is 3.09. The third-order valence-corrected chi connectivity index (χ3v) is 3.03. The average Bonchev–Trinajstić information content (AvgIpc) is 2.79. The van der Waals surface area contributed by atoms with Gasteiger partial charge in [0.2, 0.25) is 5.71 Å². The second kappa shape index (κ2) is 5.92. The Morgan fingerprint density at radius 1 is 1.29 bits per heavy atom. The molecule has 1 aromatic heterocycles. The highest BCUT2D eigenvalue weighted by atomic mass is 15.3. The number of nitrogens with zero attached hydrogens (tertiary/aromatic N) is 3. The summed E-state index contributed by atoms with van der Waals surface area (Å²) >= 11 is 0. The van der Waals surface area contributed by atoms with Crippen molar-refractivity contribution in [3.05, 3.63) is 47.8 Å². The van der Waals surface area contributed by atoms with Gasteiger partial charge in [-0.15, -0.1) is 0 Å². The predicted octanol–water partition coefficient (Wildman–Crippen LogP) is 2.32. The molecule has 1 aromatic carbocycles. The summed E-state index contributed by atoms with van der Waals surface area (Å²) in [5.41, 5.74) is 11.8. The fraction of sp³-hybridized carbons (Fsp3) is 0.133. The van der Waals surface area contributed by atoms with Crippen molar-refractivity contribution in [1.29, 1.82) is 10.7 Å². The van der Waals surface area contributed by atoms with E-state index in [1.165, 1.54) is 0 Å². The van der Waals surface area contributed by atoms with E-state index in [0.29, 0.717) is 5.69 Å². The largest absolute Gasteiger partial charge is 0.382 e. The van der Waals surface area contributed by atoms with Gasteiger partial charge >= 0.3 is 0 Å². The van der Waals surface area contributed by atoms with E-state index in [2.05, 4.69) is 27.2 Å². The fourth-order valence-electron chi connectivity index (χ4n) is 2.06. The van der Waals surface area contributed by atoms with Gasteiger partial charge in [-0.25, -0.2) is 0 Å². The number of anilines is 1. The molecule has 0 bridgehead atoms. The molecule has 0 aliphatic heterocycles. The van der Waals surface area contributed by atoms with Crippen LogP contribution in [0.3, 0.4) is 0 Å². The molecule has 0 saturated heterocycles. The molecule has 4 N–H and O–H groups in total. The maximum absolute atomic E-state index is 8.81. The summed E-state index contributed by atoms with van der Waals surface area (Å²) in [6.45, 7) is 4.07. The molecule has 1 heterocycles. The quantitative estimate of drug-likeness (QED) is 0.455. The number of hydrazone groups is 1. The van der Waals surface area contributed by atoms with Crippen molar-refractivity contribution in [1.82, 2.24) is 4.57 Å². The SMILES string of the molecule is Cc1ccc(C)n1-c1cccc(N/N=C(\C#N)C(=N)N)c1.